The molecule has 0 unspecified atom stereocenters. The number of hydrogen-bond acceptors (Lipinski definition) is 4. The quantitative estimate of drug-likeness (QED) is 0.431. The SMILES string of the molecule is CC(C)n1cc(C(=O)c2cncc(NC(=O)Cc3cccc(Cl)c3)c2)c2cnccc21. The van der Waals surface area contributed by atoms with Gasteiger partial charge in [0.05, 0.1) is 23.8 Å². The summed E-state index contributed by atoms with van der Waals surface area (Å²) >= 11 is 5.98. The first-order chi connectivity index (χ1) is 14.9. The number of benzene rings is 1. The third kappa shape index (κ3) is 4.49. The molecule has 0 fully saturated rings. The Kier molecular flexibility index (Phi) is 5.82. The number of halogens is 1. The molecule has 0 aliphatic carbocycles. The van der Waals surface area contributed by atoms with E-state index in [9.17, 15) is 9.59 Å². The second-order valence-corrected chi connectivity index (χ2v) is 8.02. The number of aromatic nitrogens is 3. The number of nitrogens with one attached hydrogen (secondary N) is 1. The zero-order chi connectivity index (χ0) is 22.0. The first-order valence-corrected chi connectivity index (χ1v) is 10.3. The minimum Gasteiger partial charge on any atom is -0.344 e. The van der Waals surface area contributed by atoms with E-state index in [1.54, 1.807) is 36.7 Å². The molecule has 0 aliphatic rings. The van der Waals surface area contributed by atoms with Gasteiger partial charge in [0, 0.05) is 52.4 Å². The van der Waals surface area contributed by atoms with Gasteiger partial charge in [-0.05, 0) is 43.7 Å². The van der Waals surface area contributed by atoms with Gasteiger partial charge in [-0.15, -0.1) is 0 Å². The lowest BCUT2D eigenvalue weighted by atomic mass is 10.0. The van der Waals surface area contributed by atoms with Crippen LogP contribution in [-0.2, 0) is 11.2 Å². The van der Waals surface area contributed by atoms with E-state index >= 15 is 0 Å². The van der Waals surface area contributed by atoms with E-state index in [1.807, 2.05) is 22.9 Å². The van der Waals surface area contributed by atoms with Gasteiger partial charge >= 0.3 is 0 Å². The van der Waals surface area contributed by atoms with Crippen molar-refractivity contribution in [3.63, 3.8) is 0 Å². The molecule has 1 N–H and O–H groups in total. The van der Waals surface area contributed by atoms with Crippen molar-refractivity contribution >= 4 is 39.9 Å². The number of anilines is 1. The second kappa shape index (κ2) is 8.70. The number of hydrogen-bond donors (Lipinski definition) is 1. The van der Waals surface area contributed by atoms with Crippen molar-refractivity contribution in [1.82, 2.24) is 14.5 Å². The molecule has 3 heterocycles. The summed E-state index contributed by atoms with van der Waals surface area (Å²) in [6.45, 7) is 4.12. The summed E-state index contributed by atoms with van der Waals surface area (Å²) in [4.78, 5) is 34.0. The highest BCUT2D eigenvalue weighted by Gasteiger charge is 2.19. The van der Waals surface area contributed by atoms with Gasteiger partial charge in [0.1, 0.15) is 0 Å². The molecule has 0 atom stereocenters. The molecule has 7 heteroatoms. The highest BCUT2D eigenvalue weighted by atomic mass is 35.5. The maximum absolute atomic E-state index is 13.3. The molecule has 4 aromatic rings. The Morgan fingerprint density at radius 3 is 2.71 bits per heavy atom. The van der Waals surface area contributed by atoms with Crippen LogP contribution in [0.1, 0.15) is 41.4 Å². The third-order valence-electron chi connectivity index (χ3n) is 4.97. The fourth-order valence-electron chi connectivity index (χ4n) is 3.53. The number of carbonyl (C=O) groups is 2. The monoisotopic (exact) mass is 432 g/mol. The molecule has 0 bridgehead atoms. The van der Waals surface area contributed by atoms with Crippen molar-refractivity contribution in [2.45, 2.75) is 26.3 Å². The van der Waals surface area contributed by atoms with E-state index in [0.29, 0.717) is 21.8 Å². The van der Waals surface area contributed by atoms with Crippen molar-refractivity contribution in [3.8, 4) is 0 Å². The molecule has 0 spiro atoms. The summed E-state index contributed by atoms with van der Waals surface area (Å²) in [5, 5.41) is 4.17. The van der Waals surface area contributed by atoms with Gasteiger partial charge in [-0.3, -0.25) is 19.6 Å². The highest BCUT2D eigenvalue weighted by Crippen LogP contribution is 2.26. The van der Waals surface area contributed by atoms with Crippen molar-refractivity contribution in [2.75, 3.05) is 5.32 Å². The van der Waals surface area contributed by atoms with Crippen molar-refractivity contribution in [2.24, 2.45) is 0 Å². The van der Waals surface area contributed by atoms with Crippen LogP contribution in [0.15, 0.2) is 67.4 Å². The summed E-state index contributed by atoms with van der Waals surface area (Å²) in [6, 6.07) is 10.9. The van der Waals surface area contributed by atoms with Crippen LogP contribution in [0.3, 0.4) is 0 Å². The van der Waals surface area contributed by atoms with Gasteiger partial charge in [-0.2, -0.15) is 0 Å². The summed E-state index contributed by atoms with van der Waals surface area (Å²) in [6.07, 6.45) is 8.46. The van der Waals surface area contributed by atoms with Crippen LogP contribution in [0.25, 0.3) is 10.9 Å². The Labute approximate surface area is 184 Å². The molecular weight excluding hydrogens is 412 g/mol. The van der Waals surface area contributed by atoms with E-state index < -0.39 is 0 Å². The Morgan fingerprint density at radius 2 is 1.94 bits per heavy atom. The average molecular weight is 433 g/mol. The third-order valence-corrected chi connectivity index (χ3v) is 5.21. The van der Waals surface area contributed by atoms with E-state index in [-0.39, 0.29) is 24.2 Å². The minimum absolute atomic E-state index is 0.171. The Bertz CT molecular complexity index is 1280. The Hall–Kier alpha value is -3.51. The largest absolute Gasteiger partial charge is 0.344 e. The van der Waals surface area contributed by atoms with Crippen LogP contribution < -0.4 is 5.32 Å². The first-order valence-electron chi connectivity index (χ1n) is 9.91. The van der Waals surface area contributed by atoms with Gasteiger partial charge in [0.15, 0.2) is 5.78 Å². The van der Waals surface area contributed by atoms with Crippen LogP contribution in [-0.4, -0.2) is 26.2 Å². The molecule has 156 valence electrons. The number of pyridine rings is 2. The van der Waals surface area contributed by atoms with Crippen LogP contribution >= 0.6 is 11.6 Å². The van der Waals surface area contributed by atoms with E-state index in [4.69, 9.17) is 11.6 Å². The topological polar surface area (TPSA) is 76.9 Å². The van der Waals surface area contributed by atoms with Gasteiger partial charge in [0.25, 0.3) is 0 Å². The summed E-state index contributed by atoms with van der Waals surface area (Å²) in [5.41, 5.74) is 3.17. The molecule has 3 aromatic heterocycles. The molecule has 4 rings (SSSR count). The van der Waals surface area contributed by atoms with Gasteiger partial charge in [0.2, 0.25) is 5.91 Å². The standard InChI is InChI=1S/C24H21ClN4O2/c1-15(2)29-14-21(20-13-26-7-6-22(20)29)24(31)17-10-19(12-27-11-17)28-23(30)9-16-4-3-5-18(25)8-16/h3-8,10-15H,9H2,1-2H3,(H,28,30). The fraction of sp³-hybridized carbons (Fsp3) is 0.167. The van der Waals surface area contributed by atoms with Crippen LogP contribution in [0.5, 0.6) is 0 Å². The molecule has 1 aromatic carbocycles. The first kappa shape index (κ1) is 20.8. The number of carbonyl (C=O) groups excluding carboxylic acids is 2. The van der Waals surface area contributed by atoms with Crippen LogP contribution in [0, 0.1) is 0 Å². The Balaban J connectivity index is 1.58. The molecule has 31 heavy (non-hydrogen) atoms. The maximum atomic E-state index is 13.3. The number of nitrogens with zero attached hydrogens (tertiary/aromatic N) is 3. The number of ketones is 1. The van der Waals surface area contributed by atoms with Crippen molar-refractivity contribution < 1.29 is 9.59 Å². The minimum atomic E-state index is -0.214. The summed E-state index contributed by atoms with van der Waals surface area (Å²) in [7, 11) is 0. The molecule has 0 radical (unpaired) electrons. The lowest BCUT2D eigenvalue weighted by Crippen LogP contribution is -2.15. The lowest BCUT2D eigenvalue weighted by Gasteiger charge is -2.08. The zero-order valence-corrected chi connectivity index (χ0v) is 17.9. The predicted octanol–water partition coefficient (Wildman–Crippen LogP) is 5.08. The maximum Gasteiger partial charge on any atom is 0.228 e. The zero-order valence-electron chi connectivity index (χ0n) is 17.2. The lowest BCUT2D eigenvalue weighted by molar-refractivity contribution is -0.115. The summed E-state index contributed by atoms with van der Waals surface area (Å²) in [5.74, 6) is -0.384. The van der Waals surface area contributed by atoms with Crippen LogP contribution in [0.4, 0.5) is 5.69 Å². The number of rotatable bonds is 6. The highest BCUT2D eigenvalue weighted by molar-refractivity contribution is 6.30. The molecule has 6 nitrogen and oxygen atoms in total. The normalized spacial score (nSPS) is 11.1. The average Bonchev–Trinajstić information content (AvgIpc) is 3.13. The van der Waals surface area contributed by atoms with Crippen molar-refractivity contribution in [1.29, 1.82) is 0 Å². The van der Waals surface area contributed by atoms with Gasteiger partial charge < -0.3 is 9.88 Å². The predicted molar refractivity (Wildman–Crippen MR) is 122 cm³/mol. The van der Waals surface area contributed by atoms with E-state index in [2.05, 4.69) is 29.1 Å². The molecule has 0 aliphatic heterocycles. The molecular formula is C24H21ClN4O2. The number of amides is 1. The second-order valence-electron chi connectivity index (χ2n) is 7.58. The van der Waals surface area contributed by atoms with Gasteiger partial charge in [-0.25, -0.2) is 0 Å². The van der Waals surface area contributed by atoms with E-state index in [0.717, 1.165) is 16.5 Å². The molecule has 1 amide bonds. The molecule has 0 saturated carbocycles. The number of fused-ring (bicyclic) bond motifs is 1. The smallest absolute Gasteiger partial charge is 0.228 e. The fourth-order valence-corrected chi connectivity index (χ4v) is 3.74. The van der Waals surface area contributed by atoms with E-state index in [1.165, 1.54) is 12.4 Å². The van der Waals surface area contributed by atoms with Crippen molar-refractivity contribution in [3.05, 3.63) is 89.1 Å². The summed E-state index contributed by atoms with van der Waals surface area (Å²) < 4.78 is 2.05. The Morgan fingerprint density at radius 1 is 1.10 bits per heavy atom. The van der Waals surface area contributed by atoms with Crippen LogP contribution in [0.2, 0.25) is 5.02 Å². The molecule has 0 saturated heterocycles. The van der Waals surface area contributed by atoms with Gasteiger partial charge in [-0.1, -0.05) is 23.7 Å².